The minimum atomic E-state index is -0.0466. The average Bonchev–Trinajstić information content (AvgIpc) is 3.03. The maximum atomic E-state index is 12.4. The van der Waals surface area contributed by atoms with E-state index in [2.05, 4.69) is 12.2 Å². The summed E-state index contributed by atoms with van der Waals surface area (Å²) in [6.45, 7) is 4.06. The van der Waals surface area contributed by atoms with Crippen LogP contribution in [0.3, 0.4) is 0 Å². The molecule has 0 aliphatic carbocycles. The summed E-state index contributed by atoms with van der Waals surface area (Å²) in [6.07, 6.45) is 2.57. The molecule has 0 aliphatic rings. The van der Waals surface area contributed by atoms with Crippen LogP contribution in [0.15, 0.2) is 59.2 Å². The van der Waals surface area contributed by atoms with Gasteiger partial charge in [-0.2, -0.15) is 0 Å². The van der Waals surface area contributed by atoms with Gasteiger partial charge in [-0.1, -0.05) is 37.3 Å². The Morgan fingerprint density at radius 3 is 2.68 bits per heavy atom. The zero-order chi connectivity index (χ0) is 15.5. The van der Waals surface area contributed by atoms with Gasteiger partial charge in [-0.25, -0.2) is 0 Å². The van der Waals surface area contributed by atoms with Crippen LogP contribution in [0.2, 0.25) is 0 Å². The van der Waals surface area contributed by atoms with Crippen molar-refractivity contribution in [3.05, 3.63) is 60.4 Å². The first kappa shape index (κ1) is 14.4. The molecule has 0 aliphatic heterocycles. The van der Waals surface area contributed by atoms with Crippen LogP contribution in [0, 0.1) is 0 Å². The van der Waals surface area contributed by atoms with Crippen LogP contribution in [-0.2, 0) is 0 Å². The predicted octanol–water partition coefficient (Wildman–Crippen LogP) is 4.63. The maximum Gasteiger partial charge on any atom is 0.251 e. The van der Waals surface area contributed by atoms with Crippen molar-refractivity contribution >= 4 is 16.9 Å². The standard InChI is InChI=1S/C19H19NO2/c1-3-13(2)20-19(21)16-11-15-9-10-22-18(15)17(12-16)14-7-5-4-6-8-14/h4-13H,3H2,1-2H3,(H,20,21). The van der Waals surface area contributed by atoms with Crippen molar-refractivity contribution in [2.24, 2.45) is 0 Å². The number of benzene rings is 2. The summed E-state index contributed by atoms with van der Waals surface area (Å²) in [5.41, 5.74) is 3.46. The molecule has 1 amide bonds. The van der Waals surface area contributed by atoms with Gasteiger partial charge in [-0.05, 0) is 37.1 Å². The second-order valence-corrected chi connectivity index (χ2v) is 5.51. The molecule has 3 nitrogen and oxygen atoms in total. The summed E-state index contributed by atoms with van der Waals surface area (Å²) >= 11 is 0. The fourth-order valence-electron chi connectivity index (χ4n) is 2.45. The van der Waals surface area contributed by atoms with Crippen molar-refractivity contribution in [2.75, 3.05) is 0 Å². The van der Waals surface area contributed by atoms with Gasteiger partial charge in [0.1, 0.15) is 5.58 Å². The predicted molar refractivity (Wildman–Crippen MR) is 88.9 cm³/mol. The highest BCUT2D eigenvalue weighted by Crippen LogP contribution is 2.31. The largest absolute Gasteiger partial charge is 0.464 e. The lowest BCUT2D eigenvalue weighted by molar-refractivity contribution is 0.0939. The van der Waals surface area contributed by atoms with Crippen molar-refractivity contribution in [1.29, 1.82) is 0 Å². The Bertz CT molecular complexity index is 790. The number of hydrogen-bond donors (Lipinski definition) is 1. The lowest BCUT2D eigenvalue weighted by Crippen LogP contribution is -2.31. The number of carbonyl (C=O) groups excluding carboxylic acids is 1. The van der Waals surface area contributed by atoms with Gasteiger partial charge in [0, 0.05) is 22.6 Å². The zero-order valence-corrected chi connectivity index (χ0v) is 12.8. The minimum Gasteiger partial charge on any atom is -0.464 e. The van der Waals surface area contributed by atoms with E-state index in [1.54, 1.807) is 6.26 Å². The van der Waals surface area contributed by atoms with Gasteiger partial charge >= 0.3 is 0 Å². The molecule has 1 unspecified atom stereocenters. The van der Waals surface area contributed by atoms with Gasteiger partial charge in [-0.3, -0.25) is 4.79 Å². The SMILES string of the molecule is CCC(C)NC(=O)c1cc(-c2ccccc2)c2occc2c1. The van der Waals surface area contributed by atoms with Crippen LogP contribution >= 0.6 is 0 Å². The molecule has 0 saturated heterocycles. The van der Waals surface area contributed by atoms with E-state index >= 15 is 0 Å². The van der Waals surface area contributed by atoms with E-state index in [0.29, 0.717) is 5.56 Å². The van der Waals surface area contributed by atoms with Crippen molar-refractivity contribution in [3.63, 3.8) is 0 Å². The second kappa shape index (κ2) is 6.06. The van der Waals surface area contributed by atoms with Crippen molar-refractivity contribution < 1.29 is 9.21 Å². The van der Waals surface area contributed by atoms with Gasteiger partial charge in [0.2, 0.25) is 0 Å². The smallest absolute Gasteiger partial charge is 0.251 e. The van der Waals surface area contributed by atoms with E-state index in [1.807, 2.05) is 55.5 Å². The summed E-state index contributed by atoms with van der Waals surface area (Å²) in [5.74, 6) is -0.0466. The van der Waals surface area contributed by atoms with E-state index in [1.165, 1.54) is 0 Å². The van der Waals surface area contributed by atoms with E-state index in [0.717, 1.165) is 28.5 Å². The summed E-state index contributed by atoms with van der Waals surface area (Å²) in [6, 6.07) is 15.8. The number of fused-ring (bicyclic) bond motifs is 1. The third-order valence-corrected chi connectivity index (χ3v) is 3.89. The molecule has 0 bridgehead atoms. The third-order valence-electron chi connectivity index (χ3n) is 3.89. The molecule has 0 spiro atoms. The zero-order valence-electron chi connectivity index (χ0n) is 12.8. The molecule has 1 aromatic heterocycles. The molecule has 0 radical (unpaired) electrons. The van der Waals surface area contributed by atoms with E-state index in [9.17, 15) is 4.79 Å². The number of furan rings is 1. The molecule has 1 heterocycles. The van der Waals surface area contributed by atoms with Gasteiger partial charge in [0.05, 0.1) is 6.26 Å². The highest BCUT2D eigenvalue weighted by molar-refractivity contribution is 6.02. The first-order valence-electron chi connectivity index (χ1n) is 7.56. The molecular formula is C19H19NO2. The molecule has 0 saturated carbocycles. The van der Waals surface area contributed by atoms with Crippen LogP contribution in [0.5, 0.6) is 0 Å². The highest BCUT2D eigenvalue weighted by Gasteiger charge is 2.14. The quantitative estimate of drug-likeness (QED) is 0.762. The number of hydrogen-bond acceptors (Lipinski definition) is 2. The lowest BCUT2D eigenvalue weighted by atomic mass is 10.00. The summed E-state index contributed by atoms with van der Waals surface area (Å²) < 4.78 is 5.61. The highest BCUT2D eigenvalue weighted by atomic mass is 16.3. The van der Waals surface area contributed by atoms with Crippen LogP contribution in [0.25, 0.3) is 22.1 Å². The maximum absolute atomic E-state index is 12.4. The van der Waals surface area contributed by atoms with E-state index in [4.69, 9.17) is 4.42 Å². The summed E-state index contributed by atoms with van der Waals surface area (Å²) in [4.78, 5) is 12.4. The van der Waals surface area contributed by atoms with Crippen molar-refractivity contribution in [3.8, 4) is 11.1 Å². The lowest BCUT2D eigenvalue weighted by Gasteiger charge is -2.12. The van der Waals surface area contributed by atoms with E-state index in [-0.39, 0.29) is 11.9 Å². The Balaban J connectivity index is 2.08. The summed E-state index contributed by atoms with van der Waals surface area (Å²) in [7, 11) is 0. The molecular weight excluding hydrogens is 274 g/mol. The van der Waals surface area contributed by atoms with Crippen molar-refractivity contribution in [1.82, 2.24) is 5.32 Å². The molecule has 1 N–H and O–H groups in total. The molecule has 112 valence electrons. The Morgan fingerprint density at radius 1 is 1.18 bits per heavy atom. The van der Waals surface area contributed by atoms with Crippen LogP contribution in [0.4, 0.5) is 0 Å². The average molecular weight is 293 g/mol. The number of carbonyl (C=O) groups is 1. The monoisotopic (exact) mass is 293 g/mol. The molecule has 3 heteroatoms. The van der Waals surface area contributed by atoms with Crippen LogP contribution < -0.4 is 5.32 Å². The number of nitrogens with one attached hydrogen (secondary N) is 1. The normalized spacial score (nSPS) is 12.3. The van der Waals surface area contributed by atoms with Gasteiger partial charge < -0.3 is 9.73 Å². The molecule has 2 aromatic carbocycles. The number of amides is 1. The van der Waals surface area contributed by atoms with Gasteiger partial charge in [0.15, 0.2) is 0 Å². The summed E-state index contributed by atoms with van der Waals surface area (Å²) in [5, 5.41) is 3.95. The molecule has 1 atom stereocenters. The first-order chi connectivity index (χ1) is 10.7. The first-order valence-corrected chi connectivity index (χ1v) is 7.56. The van der Waals surface area contributed by atoms with Gasteiger partial charge in [0.25, 0.3) is 5.91 Å². The van der Waals surface area contributed by atoms with Crippen LogP contribution in [-0.4, -0.2) is 11.9 Å². The van der Waals surface area contributed by atoms with Gasteiger partial charge in [-0.15, -0.1) is 0 Å². The van der Waals surface area contributed by atoms with Crippen molar-refractivity contribution in [2.45, 2.75) is 26.3 Å². The second-order valence-electron chi connectivity index (χ2n) is 5.51. The van der Waals surface area contributed by atoms with Crippen LogP contribution in [0.1, 0.15) is 30.6 Å². The van der Waals surface area contributed by atoms with E-state index < -0.39 is 0 Å². The Hall–Kier alpha value is -2.55. The fourth-order valence-corrected chi connectivity index (χ4v) is 2.45. The molecule has 3 rings (SSSR count). The molecule has 0 fully saturated rings. The topological polar surface area (TPSA) is 42.2 Å². The Morgan fingerprint density at radius 2 is 1.95 bits per heavy atom. The Kier molecular flexibility index (Phi) is 3.96. The fraction of sp³-hybridized carbons (Fsp3) is 0.211. The molecule has 22 heavy (non-hydrogen) atoms. The Labute approximate surface area is 130 Å². The number of rotatable bonds is 4. The third kappa shape index (κ3) is 2.75. The molecule has 3 aromatic rings. The minimum absolute atomic E-state index is 0.0466.